The quantitative estimate of drug-likeness (QED) is 0.860. The molecule has 0 spiro atoms. The number of benzene rings is 2. The van der Waals surface area contributed by atoms with Crippen molar-refractivity contribution in [3.05, 3.63) is 64.2 Å². The first-order chi connectivity index (χ1) is 12.1. The van der Waals surface area contributed by atoms with Crippen LogP contribution in [-0.4, -0.2) is 42.2 Å². The highest BCUT2D eigenvalue weighted by Gasteiger charge is 2.13. The molecule has 0 atom stereocenters. The van der Waals surface area contributed by atoms with Crippen LogP contribution in [0.25, 0.3) is 0 Å². The van der Waals surface area contributed by atoms with E-state index in [2.05, 4.69) is 16.3 Å². The number of aromatic hydroxyl groups is 1. The normalized spacial score (nSPS) is 15.1. The Labute approximate surface area is 152 Å². The fourth-order valence-electron chi connectivity index (χ4n) is 2.81. The number of morpholine rings is 1. The molecule has 0 saturated carbocycles. The molecule has 2 aromatic rings. The number of nitrogens with one attached hydrogen (secondary N) is 1. The summed E-state index contributed by atoms with van der Waals surface area (Å²) >= 11 is 5.86. The van der Waals surface area contributed by atoms with E-state index < -0.39 is 0 Å². The number of carbonyl (C=O) groups is 1. The highest BCUT2D eigenvalue weighted by molar-refractivity contribution is 6.32. The Balaban J connectivity index is 1.64. The Morgan fingerprint density at radius 2 is 1.88 bits per heavy atom. The van der Waals surface area contributed by atoms with E-state index in [0.717, 1.165) is 38.4 Å². The molecule has 2 N–H and O–H groups in total. The van der Waals surface area contributed by atoms with Crippen molar-refractivity contribution < 1.29 is 14.6 Å². The third-order valence-corrected chi connectivity index (χ3v) is 4.57. The highest BCUT2D eigenvalue weighted by Crippen LogP contribution is 2.23. The lowest BCUT2D eigenvalue weighted by Crippen LogP contribution is -2.36. The van der Waals surface area contributed by atoms with E-state index >= 15 is 0 Å². The van der Waals surface area contributed by atoms with E-state index in [-0.39, 0.29) is 16.7 Å². The second-order valence-corrected chi connectivity index (χ2v) is 6.41. The lowest BCUT2D eigenvalue weighted by Gasteiger charge is -2.27. The van der Waals surface area contributed by atoms with Gasteiger partial charge in [-0.25, -0.2) is 0 Å². The molecule has 1 fully saturated rings. The number of hydrogen-bond acceptors (Lipinski definition) is 4. The van der Waals surface area contributed by atoms with Crippen LogP contribution in [-0.2, 0) is 17.8 Å². The first-order valence-electron chi connectivity index (χ1n) is 8.27. The number of amides is 1. The molecule has 6 heteroatoms. The molecular weight excluding hydrogens is 340 g/mol. The van der Waals surface area contributed by atoms with Gasteiger partial charge in [-0.3, -0.25) is 9.69 Å². The first kappa shape index (κ1) is 17.7. The van der Waals surface area contributed by atoms with Gasteiger partial charge < -0.3 is 15.2 Å². The minimum absolute atomic E-state index is 0.0333. The monoisotopic (exact) mass is 360 g/mol. The summed E-state index contributed by atoms with van der Waals surface area (Å²) < 4.78 is 5.39. The Morgan fingerprint density at radius 1 is 1.16 bits per heavy atom. The molecule has 132 valence electrons. The van der Waals surface area contributed by atoms with Crippen LogP contribution in [0.2, 0.25) is 5.02 Å². The maximum Gasteiger partial charge on any atom is 0.251 e. The predicted molar refractivity (Wildman–Crippen MR) is 96.8 cm³/mol. The zero-order valence-electron chi connectivity index (χ0n) is 13.9. The second-order valence-electron chi connectivity index (χ2n) is 6.01. The van der Waals surface area contributed by atoms with Gasteiger partial charge in [0.2, 0.25) is 0 Å². The molecule has 2 aromatic carbocycles. The zero-order valence-corrected chi connectivity index (χ0v) is 14.6. The molecule has 0 radical (unpaired) electrons. The summed E-state index contributed by atoms with van der Waals surface area (Å²) in [4.78, 5) is 14.7. The lowest BCUT2D eigenvalue weighted by atomic mass is 10.1. The predicted octanol–water partition coefficient (Wildman–Crippen LogP) is 2.81. The van der Waals surface area contributed by atoms with Crippen molar-refractivity contribution in [1.29, 1.82) is 0 Å². The van der Waals surface area contributed by atoms with Gasteiger partial charge in [-0.1, -0.05) is 35.9 Å². The number of phenols is 1. The second kappa shape index (κ2) is 8.34. The number of halogens is 1. The summed E-state index contributed by atoms with van der Waals surface area (Å²) in [6.07, 6.45) is 0. The molecule has 1 saturated heterocycles. The van der Waals surface area contributed by atoms with Gasteiger partial charge in [-0.15, -0.1) is 0 Å². The molecule has 1 aliphatic rings. The van der Waals surface area contributed by atoms with Gasteiger partial charge in [-0.2, -0.15) is 0 Å². The van der Waals surface area contributed by atoms with Crippen molar-refractivity contribution in [2.24, 2.45) is 0 Å². The summed E-state index contributed by atoms with van der Waals surface area (Å²) in [5.74, 6) is -0.253. The Morgan fingerprint density at radius 3 is 2.60 bits per heavy atom. The van der Waals surface area contributed by atoms with Crippen LogP contribution in [0.15, 0.2) is 42.5 Å². The van der Waals surface area contributed by atoms with E-state index in [9.17, 15) is 9.90 Å². The van der Waals surface area contributed by atoms with E-state index in [1.54, 1.807) is 6.07 Å². The van der Waals surface area contributed by atoms with E-state index in [0.29, 0.717) is 12.1 Å². The van der Waals surface area contributed by atoms with Gasteiger partial charge in [0.1, 0.15) is 5.75 Å². The zero-order chi connectivity index (χ0) is 17.6. The van der Waals surface area contributed by atoms with Gasteiger partial charge in [-0.05, 0) is 29.3 Å². The molecule has 0 bridgehead atoms. The maximum atomic E-state index is 12.3. The summed E-state index contributed by atoms with van der Waals surface area (Å²) in [5.41, 5.74) is 2.72. The van der Waals surface area contributed by atoms with Crippen LogP contribution < -0.4 is 5.32 Å². The molecule has 1 aliphatic heterocycles. The molecule has 1 heterocycles. The number of ether oxygens (including phenoxy) is 1. The fourth-order valence-corrected chi connectivity index (χ4v) is 2.99. The average molecular weight is 361 g/mol. The summed E-state index contributed by atoms with van der Waals surface area (Å²) in [6.45, 7) is 4.67. The minimum Gasteiger partial charge on any atom is -0.506 e. The highest BCUT2D eigenvalue weighted by atomic mass is 35.5. The molecule has 0 aliphatic carbocycles. The molecule has 0 unspecified atom stereocenters. The number of hydrogen-bond donors (Lipinski definition) is 2. The van der Waals surface area contributed by atoms with Crippen LogP contribution in [0.4, 0.5) is 0 Å². The van der Waals surface area contributed by atoms with E-state index in [1.165, 1.54) is 17.7 Å². The number of nitrogens with zero attached hydrogens (tertiary/aromatic N) is 1. The van der Waals surface area contributed by atoms with Crippen molar-refractivity contribution in [3.63, 3.8) is 0 Å². The van der Waals surface area contributed by atoms with Gasteiger partial charge in [0.25, 0.3) is 5.91 Å². The summed E-state index contributed by atoms with van der Waals surface area (Å²) in [5, 5.41) is 12.5. The van der Waals surface area contributed by atoms with Crippen molar-refractivity contribution in [2.45, 2.75) is 13.1 Å². The van der Waals surface area contributed by atoms with Gasteiger partial charge in [0, 0.05) is 31.7 Å². The summed E-state index contributed by atoms with van der Waals surface area (Å²) in [7, 11) is 0. The van der Waals surface area contributed by atoms with Gasteiger partial charge in [0.05, 0.1) is 18.2 Å². The molecule has 5 nitrogen and oxygen atoms in total. The number of phenolic OH excluding ortho intramolecular Hbond substituents is 1. The molecular formula is C19H21ClN2O3. The van der Waals surface area contributed by atoms with Crippen molar-refractivity contribution in [1.82, 2.24) is 10.2 Å². The van der Waals surface area contributed by atoms with E-state index in [4.69, 9.17) is 16.3 Å². The Kier molecular flexibility index (Phi) is 5.91. The minimum atomic E-state index is -0.219. The lowest BCUT2D eigenvalue weighted by molar-refractivity contribution is 0.0340. The Hall–Kier alpha value is -2.08. The van der Waals surface area contributed by atoms with Crippen molar-refractivity contribution >= 4 is 17.5 Å². The first-order valence-corrected chi connectivity index (χ1v) is 8.65. The van der Waals surface area contributed by atoms with Crippen LogP contribution >= 0.6 is 11.6 Å². The van der Waals surface area contributed by atoms with Gasteiger partial charge >= 0.3 is 0 Å². The molecule has 3 rings (SSSR count). The SMILES string of the molecule is O=C(NCc1ccccc1CN1CCOCC1)c1ccc(O)c(Cl)c1. The van der Waals surface area contributed by atoms with Gasteiger partial charge in [0.15, 0.2) is 0 Å². The fraction of sp³-hybridized carbons (Fsp3) is 0.316. The smallest absolute Gasteiger partial charge is 0.251 e. The molecule has 0 aromatic heterocycles. The van der Waals surface area contributed by atoms with Crippen LogP contribution in [0.1, 0.15) is 21.5 Å². The third-order valence-electron chi connectivity index (χ3n) is 4.27. The Bertz CT molecular complexity index is 745. The molecule has 25 heavy (non-hydrogen) atoms. The maximum absolute atomic E-state index is 12.3. The van der Waals surface area contributed by atoms with Crippen LogP contribution in [0.3, 0.4) is 0 Å². The van der Waals surface area contributed by atoms with Crippen molar-refractivity contribution in [2.75, 3.05) is 26.3 Å². The number of carbonyl (C=O) groups excluding carboxylic acids is 1. The van der Waals surface area contributed by atoms with Crippen LogP contribution in [0, 0.1) is 0 Å². The van der Waals surface area contributed by atoms with Crippen molar-refractivity contribution in [3.8, 4) is 5.75 Å². The van der Waals surface area contributed by atoms with E-state index in [1.807, 2.05) is 18.2 Å². The average Bonchev–Trinajstić information content (AvgIpc) is 2.64. The topological polar surface area (TPSA) is 61.8 Å². The third kappa shape index (κ3) is 4.72. The van der Waals surface area contributed by atoms with Crippen LogP contribution in [0.5, 0.6) is 5.75 Å². The number of rotatable bonds is 5. The molecule has 1 amide bonds. The largest absolute Gasteiger partial charge is 0.506 e. The standard InChI is InChI=1S/C19H21ClN2O3/c20-17-11-14(5-6-18(17)23)19(24)21-12-15-3-1-2-4-16(15)13-22-7-9-25-10-8-22/h1-6,11,23H,7-10,12-13H2,(H,21,24). The summed E-state index contributed by atoms with van der Waals surface area (Å²) in [6, 6.07) is 12.5.